The van der Waals surface area contributed by atoms with Crippen LogP contribution >= 0.6 is 0 Å². The van der Waals surface area contributed by atoms with E-state index in [1.165, 1.54) is 0 Å². The third kappa shape index (κ3) is 4.33. The van der Waals surface area contributed by atoms with Gasteiger partial charge in [0.1, 0.15) is 0 Å². The average molecular weight is 251 g/mol. The summed E-state index contributed by atoms with van der Waals surface area (Å²) in [5, 5.41) is 2.80. The number of nitrogens with zero attached hydrogens (tertiary/aromatic N) is 1. The van der Waals surface area contributed by atoms with Crippen molar-refractivity contribution >= 4 is 5.91 Å². The molecule has 0 bridgehead atoms. The van der Waals surface area contributed by atoms with Gasteiger partial charge in [-0.05, 0) is 38.4 Å². The first-order valence-electron chi connectivity index (χ1n) is 6.14. The molecule has 18 heavy (non-hydrogen) atoms. The van der Waals surface area contributed by atoms with Crippen LogP contribution in [0.3, 0.4) is 0 Å². The Bertz CT molecular complexity index is 394. The van der Waals surface area contributed by atoms with E-state index in [0.717, 1.165) is 0 Å². The van der Waals surface area contributed by atoms with Gasteiger partial charge < -0.3 is 15.8 Å². The van der Waals surface area contributed by atoms with Crippen LogP contribution in [0.1, 0.15) is 31.3 Å². The van der Waals surface area contributed by atoms with Crippen LogP contribution in [-0.4, -0.2) is 30.1 Å². The van der Waals surface area contributed by atoms with Crippen molar-refractivity contribution in [2.75, 3.05) is 13.1 Å². The molecular weight excluding hydrogens is 230 g/mol. The lowest BCUT2D eigenvalue weighted by molar-refractivity contribution is 0.0937. The maximum Gasteiger partial charge on any atom is 0.273 e. The largest absolute Gasteiger partial charge is 0.489 e. The molecule has 0 spiro atoms. The average Bonchev–Trinajstić information content (AvgIpc) is 2.35. The van der Waals surface area contributed by atoms with E-state index in [-0.39, 0.29) is 17.9 Å². The Kier molecular flexibility index (Phi) is 5.58. The number of hydrogen-bond donors (Lipinski definition) is 2. The Morgan fingerprint density at radius 3 is 2.83 bits per heavy atom. The highest BCUT2D eigenvalue weighted by Crippen LogP contribution is 2.16. The van der Waals surface area contributed by atoms with Crippen molar-refractivity contribution in [1.29, 1.82) is 0 Å². The number of carbonyl (C=O) groups is 1. The molecular formula is C13H21N3O2. The summed E-state index contributed by atoms with van der Waals surface area (Å²) in [6.07, 6.45) is 1.58. The highest BCUT2D eigenvalue weighted by molar-refractivity contribution is 5.94. The molecule has 0 radical (unpaired) electrons. The predicted octanol–water partition coefficient (Wildman–Crippen LogP) is 1.19. The molecule has 0 fully saturated rings. The van der Waals surface area contributed by atoms with E-state index in [2.05, 4.69) is 10.3 Å². The maximum atomic E-state index is 12.0. The number of aromatic nitrogens is 1. The maximum absolute atomic E-state index is 12.0. The third-order valence-electron chi connectivity index (χ3n) is 2.36. The number of amides is 1. The fourth-order valence-electron chi connectivity index (χ4n) is 1.34. The molecule has 0 aliphatic carbocycles. The van der Waals surface area contributed by atoms with Crippen molar-refractivity contribution in [3.05, 3.63) is 24.0 Å². The number of rotatable bonds is 6. The van der Waals surface area contributed by atoms with Crippen LogP contribution in [-0.2, 0) is 0 Å². The van der Waals surface area contributed by atoms with Gasteiger partial charge >= 0.3 is 0 Å². The van der Waals surface area contributed by atoms with Crippen molar-refractivity contribution in [1.82, 2.24) is 10.3 Å². The second-order valence-corrected chi connectivity index (χ2v) is 4.57. The van der Waals surface area contributed by atoms with E-state index < -0.39 is 0 Å². The van der Waals surface area contributed by atoms with Crippen LogP contribution in [0, 0.1) is 5.92 Å². The fourth-order valence-corrected chi connectivity index (χ4v) is 1.34. The molecule has 1 rings (SSSR count). The van der Waals surface area contributed by atoms with Gasteiger partial charge in [-0.2, -0.15) is 0 Å². The molecule has 3 N–H and O–H groups in total. The zero-order valence-electron chi connectivity index (χ0n) is 11.1. The Morgan fingerprint density at radius 1 is 1.50 bits per heavy atom. The summed E-state index contributed by atoms with van der Waals surface area (Å²) in [5.41, 5.74) is 5.82. The van der Waals surface area contributed by atoms with E-state index >= 15 is 0 Å². The second-order valence-electron chi connectivity index (χ2n) is 4.57. The summed E-state index contributed by atoms with van der Waals surface area (Å²) in [6.45, 7) is 6.87. The van der Waals surface area contributed by atoms with Gasteiger partial charge in [0.15, 0.2) is 11.4 Å². The van der Waals surface area contributed by atoms with Crippen LogP contribution in [0.4, 0.5) is 0 Å². The number of carbonyl (C=O) groups excluding carboxylic acids is 1. The Labute approximate surface area is 108 Å². The lowest BCUT2D eigenvalue weighted by Gasteiger charge is -2.14. The van der Waals surface area contributed by atoms with E-state index in [1.54, 1.807) is 18.3 Å². The standard InChI is InChI=1S/C13H21N3O2/c1-9(2)18-11-5-4-6-15-12(11)13(17)16-8-10(3)7-14/h4-6,9-10H,7-8,14H2,1-3H3,(H,16,17). The number of ether oxygens (including phenoxy) is 1. The smallest absolute Gasteiger partial charge is 0.273 e. The minimum atomic E-state index is -0.230. The predicted molar refractivity (Wildman–Crippen MR) is 70.6 cm³/mol. The van der Waals surface area contributed by atoms with E-state index in [1.807, 2.05) is 20.8 Å². The Morgan fingerprint density at radius 2 is 2.22 bits per heavy atom. The lowest BCUT2D eigenvalue weighted by Crippen LogP contribution is -2.32. The molecule has 1 unspecified atom stereocenters. The number of hydrogen-bond acceptors (Lipinski definition) is 4. The Hall–Kier alpha value is -1.62. The monoisotopic (exact) mass is 251 g/mol. The SMILES string of the molecule is CC(CN)CNC(=O)c1ncccc1OC(C)C. The van der Waals surface area contributed by atoms with Crippen molar-refractivity contribution in [2.24, 2.45) is 11.7 Å². The first kappa shape index (κ1) is 14.4. The summed E-state index contributed by atoms with van der Waals surface area (Å²) < 4.78 is 5.55. The van der Waals surface area contributed by atoms with Crippen LogP contribution < -0.4 is 15.8 Å². The quantitative estimate of drug-likeness (QED) is 0.796. The third-order valence-corrected chi connectivity index (χ3v) is 2.36. The van der Waals surface area contributed by atoms with Gasteiger partial charge in [0.2, 0.25) is 0 Å². The van der Waals surface area contributed by atoms with Gasteiger partial charge in [-0.25, -0.2) is 4.98 Å². The second kappa shape index (κ2) is 6.96. The van der Waals surface area contributed by atoms with Crippen molar-refractivity contribution in [3.63, 3.8) is 0 Å². The summed E-state index contributed by atoms with van der Waals surface area (Å²) in [6, 6.07) is 3.49. The van der Waals surface area contributed by atoms with E-state index in [0.29, 0.717) is 24.5 Å². The fraction of sp³-hybridized carbons (Fsp3) is 0.538. The highest BCUT2D eigenvalue weighted by atomic mass is 16.5. The van der Waals surface area contributed by atoms with Crippen LogP contribution in [0.5, 0.6) is 5.75 Å². The number of nitrogens with two attached hydrogens (primary N) is 1. The normalized spacial score (nSPS) is 12.3. The van der Waals surface area contributed by atoms with Crippen molar-refractivity contribution in [3.8, 4) is 5.75 Å². The first-order valence-corrected chi connectivity index (χ1v) is 6.14. The molecule has 100 valence electrons. The number of pyridine rings is 1. The van der Waals surface area contributed by atoms with Gasteiger partial charge in [-0.1, -0.05) is 6.92 Å². The van der Waals surface area contributed by atoms with Gasteiger partial charge in [-0.3, -0.25) is 4.79 Å². The molecule has 5 nitrogen and oxygen atoms in total. The van der Waals surface area contributed by atoms with Gasteiger partial charge in [-0.15, -0.1) is 0 Å². The van der Waals surface area contributed by atoms with Gasteiger partial charge in [0.25, 0.3) is 5.91 Å². The molecule has 0 saturated heterocycles. The molecule has 1 heterocycles. The van der Waals surface area contributed by atoms with Crippen molar-refractivity contribution < 1.29 is 9.53 Å². The molecule has 0 saturated carbocycles. The summed E-state index contributed by atoms with van der Waals surface area (Å²) in [4.78, 5) is 16.0. The van der Waals surface area contributed by atoms with Crippen LogP contribution in [0.15, 0.2) is 18.3 Å². The van der Waals surface area contributed by atoms with Crippen molar-refractivity contribution in [2.45, 2.75) is 26.9 Å². The van der Waals surface area contributed by atoms with Gasteiger partial charge in [0, 0.05) is 12.7 Å². The summed E-state index contributed by atoms with van der Waals surface area (Å²) in [7, 11) is 0. The molecule has 1 aromatic rings. The minimum Gasteiger partial charge on any atom is -0.489 e. The summed E-state index contributed by atoms with van der Waals surface area (Å²) >= 11 is 0. The highest BCUT2D eigenvalue weighted by Gasteiger charge is 2.15. The molecule has 1 aromatic heterocycles. The number of nitrogens with one attached hydrogen (secondary N) is 1. The molecule has 5 heteroatoms. The van der Waals surface area contributed by atoms with Gasteiger partial charge in [0.05, 0.1) is 6.10 Å². The topological polar surface area (TPSA) is 77.2 Å². The molecule has 0 aromatic carbocycles. The first-order chi connectivity index (χ1) is 8.54. The van der Waals surface area contributed by atoms with E-state index in [4.69, 9.17) is 10.5 Å². The Balaban J connectivity index is 2.72. The lowest BCUT2D eigenvalue weighted by atomic mass is 10.2. The summed E-state index contributed by atoms with van der Waals surface area (Å²) in [5.74, 6) is 0.518. The zero-order valence-corrected chi connectivity index (χ0v) is 11.1. The molecule has 1 amide bonds. The van der Waals surface area contributed by atoms with Crippen LogP contribution in [0.25, 0.3) is 0 Å². The molecule has 0 aliphatic heterocycles. The van der Waals surface area contributed by atoms with Crippen LogP contribution in [0.2, 0.25) is 0 Å². The van der Waals surface area contributed by atoms with E-state index in [9.17, 15) is 4.79 Å². The minimum absolute atomic E-state index is 0.00344. The molecule has 1 atom stereocenters. The zero-order chi connectivity index (χ0) is 13.5. The molecule has 0 aliphatic rings.